The van der Waals surface area contributed by atoms with E-state index < -0.39 is 0 Å². The van der Waals surface area contributed by atoms with Gasteiger partial charge in [-0.15, -0.1) is 0 Å². The van der Waals surface area contributed by atoms with Gasteiger partial charge in [0.05, 0.1) is 0 Å². The zero-order valence-electron chi connectivity index (χ0n) is 8.89. The Kier molecular flexibility index (Phi) is 2.73. The monoisotopic (exact) mass is 204 g/mol. The van der Waals surface area contributed by atoms with Gasteiger partial charge in [0, 0.05) is 32.0 Å². The lowest BCUT2D eigenvalue weighted by Crippen LogP contribution is -2.30. The largest absolute Gasteiger partial charge is 0.341 e. The third kappa shape index (κ3) is 2.02. The number of nitrogens with zero attached hydrogens (tertiary/aromatic N) is 1. The Bertz CT molecular complexity index is 350. The lowest BCUT2D eigenvalue weighted by molar-refractivity contribution is -0.127. The number of carbonyl (C=O) groups is 1. The van der Waals surface area contributed by atoms with Gasteiger partial charge in [-0.25, -0.2) is 0 Å². The molecular weight excluding hydrogens is 188 g/mol. The molecule has 0 radical (unpaired) electrons. The molecule has 0 unspecified atom stereocenters. The highest BCUT2D eigenvalue weighted by Crippen LogP contribution is 2.26. The first-order valence-electron chi connectivity index (χ1n) is 5.24. The molecule has 0 bridgehead atoms. The molecule has 2 N–H and O–H groups in total. The van der Waals surface area contributed by atoms with E-state index in [4.69, 9.17) is 5.73 Å². The van der Waals surface area contributed by atoms with Crippen LogP contribution in [0.25, 0.3) is 0 Å². The topological polar surface area (TPSA) is 46.3 Å². The summed E-state index contributed by atoms with van der Waals surface area (Å²) < 4.78 is 0. The van der Waals surface area contributed by atoms with Gasteiger partial charge in [0.25, 0.3) is 0 Å². The zero-order chi connectivity index (χ0) is 10.8. The summed E-state index contributed by atoms with van der Waals surface area (Å²) in [5.74, 6) is 0.402. The van der Waals surface area contributed by atoms with Crippen LogP contribution in [-0.4, -0.2) is 29.9 Å². The lowest BCUT2D eigenvalue weighted by atomic mass is 9.95. The van der Waals surface area contributed by atoms with Crippen LogP contribution in [0.2, 0.25) is 0 Å². The highest BCUT2D eigenvalue weighted by Gasteiger charge is 2.32. The number of hydrogen-bond donors (Lipinski definition) is 1. The van der Waals surface area contributed by atoms with E-state index in [2.05, 4.69) is 12.1 Å². The predicted molar refractivity (Wildman–Crippen MR) is 59.4 cm³/mol. The van der Waals surface area contributed by atoms with E-state index in [0.29, 0.717) is 6.54 Å². The van der Waals surface area contributed by atoms with Crippen LogP contribution < -0.4 is 5.73 Å². The molecule has 1 amide bonds. The van der Waals surface area contributed by atoms with Crippen LogP contribution in [0.5, 0.6) is 0 Å². The molecule has 0 aromatic heterocycles. The maximum Gasteiger partial charge on any atom is 0.219 e. The fraction of sp³-hybridized carbons (Fsp3) is 0.417. The molecule has 1 aromatic carbocycles. The summed E-state index contributed by atoms with van der Waals surface area (Å²) in [6.07, 6.45) is 0. The summed E-state index contributed by atoms with van der Waals surface area (Å²) >= 11 is 0. The number of likely N-dealkylation sites (tertiary alicyclic amines) is 1. The van der Waals surface area contributed by atoms with Crippen molar-refractivity contribution < 1.29 is 4.79 Å². The van der Waals surface area contributed by atoms with E-state index in [1.165, 1.54) is 5.56 Å². The van der Waals surface area contributed by atoms with Gasteiger partial charge in [-0.3, -0.25) is 4.79 Å². The van der Waals surface area contributed by atoms with Crippen molar-refractivity contribution in [2.45, 2.75) is 18.9 Å². The molecule has 3 nitrogen and oxygen atoms in total. The Morgan fingerprint density at radius 3 is 2.53 bits per heavy atom. The number of hydrogen-bond acceptors (Lipinski definition) is 2. The van der Waals surface area contributed by atoms with Gasteiger partial charge in [-0.05, 0) is 5.56 Å². The summed E-state index contributed by atoms with van der Waals surface area (Å²) in [4.78, 5) is 13.1. The second kappa shape index (κ2) is 4.03. The van der Waals surface area contributed by atoms with Gasteiger partial charge in [0.15, 0.2) is 0 Å². The first kappa shape index (κ1) is 10.2. The standard InChI is InChI=1S/C12H16N2O/c1-9(15)14-7-11(12(13)8-14)10-5-3-2-4-6-10/h2-6,11-12H,7-8,13H2,1H3/t11-,12-/m1/s1. The fourth-order valence-corrected chi connectivity index (χ4v) is 2.14. The van der Waals surface area contributed by atoms with Crippen molar-refractivity contribution in [3.8, 4) is 0 Å². The molecule has 3 heteroatoms. The molecule has 2 atom stereocenters. The number of benzene rings is 1. The minimum atomic E-state index is 0.0660. The third-order valence-corrected chi connectivity index (χ3v) is 3.04. The number of rotatable bonds is 1. The molecular formula is C12H16N2O. The second-order valence-electron chi connectivity index (χ2n) is 4.11. The molecule has 80 valence electrons. The van der Waals surface area contributed by atoms with Crippen molar-refractivity contribution in [1.82, 2.24) is 4.90 Å². The average Bonchev–Trinajstić information content (AvgIpc) is 2.62. The maximum absolute atomic E-state index is 11.2. The van der Waals surface area contributed by atoms with Crippen molar-refractivity contribution in [3.05, 3.63) is 35.9 Å². The molecule has 1 fully saturated rings. The van der Waals surface area contributed by atoms with Crippen LogP contribution in [0, 0.1) is 0 Å². The third-order valence-electron chi connectivity index (χ3n) is 3.04. The van der Waals surface area contributed by atoms with E-state index in [9.17, 15) is 4.79 Å². The average molecular weight is 204 g/mol. The van der Waals surface area contributed by atoms with Crippen LogP contribution in [0.1, 0.15) is 18.4 Å². The van der Waals surface area contributed by atoms with Crippen LogP contribution in [0.3, 0.4) is 0 Å². The molecule has 15 heavy (non-hydrogen) atoms. The Balaban J connectivity index is 2.15. The normalized spacial score (nSPS) is 25.6. The van der Waals surface area contributed by atoms with Gasteiger partial charge in [-0.2, -0.15) is 0 Å². The minimum Gasteiger partial charge on any atom is -0.341 e. The molecule has 2 rings (SSSR count). The van der Waals surface area contributed by atoms with Gasteiger partial charge in [0.2, 0.25) is 5.91 Å². The molecule has 0 spiro atoms. The highest BCUT2D eigenvalue weighted by atomic mass is 16.2. The van der Waals surface area contributed by atoms with Gasteiger partial charge >= 0.3 is 0 Å². The van der Waals surface area contributed by atoms with Crippen LogP contribution >= 0.6 is 0 Å². The van der Waals surface area contributed by atoms with E-state index in [1.807, 2.05) is 23.1 Å². The van der Waals surface area contributed by atoms with E-state index in [1.54, 1.807) is 6.92 Å². The molecule has 1 aliphatic rings. The second-order valence-corrected chi connectivity index (χ2v) is 4.11. The molecule has 0 saturated carbocycles. The first-order valence-corrected chi connectivity index (χ1v) is 5.24. The van der Waals surface area contributed by atoms with E-state index in [-0.39, 0.29) is 17.9 Å². The molecule has 1 aromatic rings. The Hall–Kier alpha value is -1.35. The van der Waals surface area contributed by atoms with Gasteiger partial charge < -0.3 is 10.6 Å². The summed E-state index contributed by atoms with van der Waals surface area (Å²) in [6.45, 7) is 3.02. The lowest BCUT2D eigenvalue weighted by Gasteiger charge is -2.14. The van der Waals surface area contributed by atoms with Crippen molar-refractivity contribution in [2.75, 3.05) is 13.1 Å². The summed E-state index contributed by atoms with van der Waals surface area (Å²) in [7, 11) is 0. The minimum absolute atomic E-state index is 0.0660. The SMILES string of the molecule is CC(=O)N1C[C@@H](N)[C@@H](c2ccccc2)C1. The van der Waals surface area contributed by atoms with Crippen LogP contribution in [0.15, 0.2) is 30.3 Å². The smallest absolute Gasteiger partial charge is 0.219 e. The van der Waals surface area contributed by atoms with E-state index >= 15 is 0 Å². The number of nitrogens with two attached hydrogens (primary N) is 1. The highest BCUT2D eigenvalue weighted by molar-refractivity contribution is 5.73. The number of amides is 1. The summed E-state index contributed by atoms with van der Waals surface area (Å²) in [5.41, 5.74) is 7.28. The van der Waals surface area contributed by atoms with Crippen molar-refractivity contribution >= 4 is 5.91 Å². The molecule has 1 heterocycles. The van der Waals surface area contributed by atoms with Gasteiger partial charge in [0.1, 0.15) is 0 Å². The van der Waals surface area contributed by atoms with E-state index in [0.717, 1.165) is 6.54 Å². The van der Waals surface area contributed by atoms with Crippen molar-refractivity contribution in [3.63, 3.8) is 0 Å². The van der Waals surface area contributed by atoms with Crippen LogP contribution in [-0.2, 0) is 4.79 Å². The Morgan fingerprint density at radius 1 is 1.33 bits per heavy atom. The predicted octanol–water partition coefficient (Wildman–Crippen LogP) is 0.960. The summed E-state index contributed by atoms with van der Waals surface area (Å²) in [5, 5.41) is 0. The van der Waals surface area contributed by atoms with Crippen molar-refractivity contribution in [2.24, 2.45) is 5.73 Å². The first-order chi connectivity index (χ1) is 7.18. The molecule has 1 aliphatic heterocycles. The molecule has 0 aliphatic carbocycles. The number of carbonyl (C=O) groups excluding carboxylic acids is 1. The van der Waals surface area contributed by atoms with Crippen molar-refractivity contribution in [1.29, 1.82) is 0 Å². The zero-order valence-corrected chi connectivity index (χ0v) is 8.89. The summed E-state index contributed by atoms with van der Waals surface area (Å²) in [6, 6.07) is 10.2. The molecule has 1 saturated heterocycles. The van der Waals surface area contributed by atoms with Gasteiger partial charge in [-0.1, -0.05) is 30.3 Å². The Labute approximate surface area is 89.9 Å². The maximum atomic E-state index is 11.2. The quantitative estimate of drug-likeness (QED) is 0.740. The fourth-order valence-electron chi connectivity index (χ4n) is 2.14. The Morgan fingerprint density at radius 2 is 2.00 bits per heavy atom. The van der Waals surface area contributed by atoms with Crippen LogP contribution in [0.4, 0.5) is 0 Å².